The van der Waals surface area contributed by atoms with Crippen molar-refractivity contribution in [3.8, 4) is 17.6 Å². The molecule has 7 nitrogen and oxygen atoms in total. The zero-order valence-corrected chi connectivity index (χ0v) is 15.2. The molecule has 9 heteroatoms. The smallest absolute Gasteiger partial charge is 0.268 e. The van der Waals surface area contributed by atoms with Gasteiger partial charge in [-0.05, 0) is 29.7 Å². The summed E-state index contributed by atoms with van der Waals surface area (Å²) >= 11 is 2.55. The molecule has 0 radical (unpaired) electrons. The summed E-state index contributed by atoms with van der Waals surface area (Å²) in [6, 6.07) is 5.82. The molecule has 130 valence electrons. The van der Waals surface area contributed by atoms with Crippen molar-refractivity contribution in [2.24, 2.45) is 5.92 Å². The quantitative estimate of drug-likeness (QED) is 0.306. The number of phenolic OH excluding ortho intramolecular Hbond substituents is 2. The number of phenols is 2. The second-order valence-electron chi connectivity index (χ2n) is 5.46. The molecule has 2 aromatic rings. The molecule has 0 saturated carbocycles. The molecule has 1 aromatic heterocycles. The molecular formula is C16H16N4O3S2. The lowest BCUT2D eigenvalue weighted by molar-refractivity contribution is -0.112. The summed E-state index contributed by atoms with van der Waals surface area (Å²) in [5.41, 5.74) is 0.254. The van der Waals surface area contributed by atoms with E-state index in [0.29, 0.717) is 21.8 Å². The van der Waals surface area contributed by atoms with Gasteiger partial charge >= 0.3 is 0 Å². The predicted octanol–water partition coefficient (Wildman–Crippen LogP) is 3.24. The van der Waals surface area contributed by atoms with Crippen molar-refractivity contribution in [2.45, 2.75) is 19.0 Å². The summed E-state index contributed by atoms with van der Waals surface area (Å²) in [5, 5.41) is 31.4. The highest BCUT2D eigenvalue weighted by Gasteiger charge is 2.13. The highest BCUT2D eigenvalue weighted by atomic mass is 32.2. The minimum atomic E-state index is -0.619. The molecule has 0 fully saturated rings. The number of hydrogen-bond donors (Lipinski definition) is 3. The minimum absolute atomic E-state index is 0.156. The zero-order valence-electron chi connectivity index (χ0n) is 13.6. The summed E-state index contributed by atoms with van der Waals surface area (Å²) in [7, 11) is 0. The largest absolute Gasteiger partial charge is 0.504 e. The standard InChI is InChI=1S/C16H16N4O3S2/c1-9(2)8-24-16-19-15(25-20-16)18-14(23)11(7-17)5-10-3-4-12(21)13(22)6-10/h3-6,9,21-22H,8H2,1-2H3,(H,18,19,20,23)/b11-5-. The Labute approximate surface area is 153 Å². The molecule has 0 aliphatic carbocycles. The van der Waals surface area contributed by atoms with Gasteiger partial charge in [-0.3, -0.25) is 10.1 Å². The van der Waals surface area contributed by atoms with Crippen molar-refractivity contribution < 1.29 is 15.0 Å². The van der Waals surface area contributed by atoms with Gasteiger partial charge in [0.2, 0.25) is 10.3 Å². The number of carbonyl (C=O) groups excluding carboxylic acids is 1. The van der Waals surface area contributed by atoms with Gasteiger partial charge in [-0.1, -0.05) is 31.7 Å². The van der Waals surface area contributed by atoms with E-state index in [4.69, 9.17) is 0 Å². The lowest BCUT2D eigenvalue weighted by atomic mass is 10.1. The minimum Gasteiger partial charge on any atom is -0.504 e. The van der Waals surface area contributed by atoms with Crippen LogP contribution in [0.3, 0.4) is 0 Å². The number of anilines is 1. The topological polar surface area (TPSA) is 119 Å². The second kappa shape index (κ2) is 8.50. The van der Waals surface area contributed by atoms with Crippen LogP contribution >= 0.6 is 23.3 Å². The Morgan fingerprint density at radius 3 is 2.84 bits per heavy atom. The lowest BCUT2D eigenvalue weighted by Gasteiger charge is -2.02. The van der Waals surface area contributed by atoms with Crippen molar-refractivity contribution in [1.82, 2.24) is 9.36 Å². The van der Waals surface area contributed by atoms with Crippen LogP contribution in [0.2, 0.25) is 0 Å². The van der Waals surface area contributed by atoms with Gasteiger partial charge in [0.15, 0.2) is 11.5 Å². The average Bonchev–Trinajstić information content (AvgIpc) is 3.01. The van der Waals surface area contributed by atoms with E-state index in [2.05, 4.69) is 28.5 Å². The monoisotopic (exact) mass is 376 g/mol. The fraction of sp³-hybridized carbons (Fsp3) is 0.250. The average molecular weight is 376 g/mol. The molecule has 0 saturated heterocycles. The highest BCUT2D eigenvalue weighted by molar-refractivity contribution is 7.99. The fourth-order valence-electron chi connectivity index (χ4n) is 1.67. The van der Waals surface area contributed by atoms with Crippen LogP contribution in [0.1, 0.15) is 19.4 Å². The van der Waals surface area contributed by atoms with Gasteiger partial charge in [0.1, 0.15) is 11.6 Å². The molecule has 1 aromatic carbocycles. The van der Waals surface area contributed by atoms with Crippen molar-refractivity contribution in [2.75, 3.05) is 11.1 Å². The first-order chi connectivity index (χ1) is 11.9. The summed E-state index contributed by atoms with van der Waals surface area (Å²) in [4.78, 5) is 16.4. The van der Waals surface area contributed by atoms with Crippen LogP contribution < -0.4 is 5.32 Å². The van der Waals surface area contributed by atoms with Gasteiger partial charge in [-0.15, -0.1) is 0 Å². The summed E-state index contributed by atoms with van der Waals surface area (Å²) in [6.45, 7) is 4.18. The van der Waals surface area contributed by atoms with Crippen LogP contribution in [-0.4, -0.2) is 31.2 Å². The first kappa shape index (κ1) is 18.8. The molecule has 0 bridgehead atoms. The first-order valence-corrected chi connectivity index (χ1v) is 9.06. The Kier molecular flexibility index (Phi) is 6.38. The maximum atomic E-state index is 12.2. The van der Waals surface area contributed by atoms with E-state index >= 15 is 0 Å². The van der Waals surface area contributed by atoms with Crippen LogP contribution in [-0.2, 0) is 4.79 Å². The Bertz CT molecular complexity index is 840. The zero-order chi connectivity index (χ0) is 18.4. The van der Waals surface area contributed by atoms with E-state index in [9.17, 15) is 20.3 Å². The lowest BCUT2D eigenvalue weighted by Crippen LogP contribution is -2.13. The van der Waals surface area contributed by atoms with Crippen molar-refractivity contribution in [1.29, 1.82) is 5.26 Å². The van der Waals surface area contributed by atoms with Gasteiger partial charge in [0, 0.05) is 17.3 Å². The normalized spacial score (nSPS) is 11.4. The second-order valence-corrected chi connectivity index (χ2v) is 7.20. The van der Waals surface area contributed by atoms with E-state index in [1.807, 2.05) is 6.07 Å². The summed E-state index contributed by atoms with van der Waals surface area (Å²) < 4.78 is 4.15. The van der Waals surface area contributed by atoms with E-state index < -0.39 is 5.91 Å². The molecule has 25 heavy (non-hydrogen) atoms. The van der Waals surface area contributed by atoms with Crippen LogP contribution in [0.25, 0.3) is 6.08 Å². The Morgan fingerprint density at radius 2 is 2.20 bits per heavy atom. The van der Waals surface area contributed by atoms with Crippen molar-refractivity contribution >= 4 is 40.4 Å². The van der Waals surface area contributed by atoms with Crippen LogP contribution in [0.4, 0.5) is 5.13 Å². The number of aromatic hydroxyl groups is 2. The van der Waals surface area contributed by atoms with Gasteiger partial charge in [-0.25, -0.2) is 0 Å². The molecule has 1 amide bonds. The number of nitriles is 1. The van der Waals surface area contributed by atoms with Crippen LogP contribution in [0.15, 0.2) is 28.9 Å². The Hall–Kier alpha value is -2.57. The number of carbonyl (C=O) groups is 1. The van der Waals surface area contributed by atoms with Crippen LogP contribution in [0, 0.1) is 17.2 Å². The van der Waals surface area contributed by atoms with Crippen LogP contribution in [0.5, 0.6) is 11.5 Å². The summed E-state index contributed by atoms with van der Waals surface area (Å²) in [5.74, 6) is 0.147. The third-order valence-electron chi connectivity index (χ3n) is 2.85. The molecule has 0 aliphatic heterocycles. The Balaban J connectivity index is 2.08. The van der Waals surface area contributed by atoms with Crippen molar-refractivity contribution in [3.05, 3.63) is 29.3 Å². The van der Waals surface area contributed by atoms with Crippen molar-refractivity contribution in [3.63, 3.8) is 0 Å². The number of amides is 1. The maximum Gasteiger partial charge on any atom is 0.268 e. The fourth-order valence-corrected chi connectivity index (χ4v) is 3.16. The van der Waals surface area contributed by atoms with E-state index in [1.165, 1.54) is 36.0 Å². The maximum absolute atomic E-state index is 12.2. The third-order valence-corrected chi connectivity index (χ3v) is 4.87. The number of benzene rings is 1. The predicted molar refractivity (Wildman–Crippen MR) is 97.5 cm³/mol. The third kappa shape index (κ3) is 5.48. The number of nitrogens with one attached hydrogen (secondary N) is 1. The van der Waals surface area contributed by atoms with E-state index in [0.717, 1.165) is 17.3 Å². The number of rotatable bonds is 6. The molecule has 0 atom stereocenters. The highest BCUT2D eigenvalue weighted by Crippen LogP contribution is 2.26. The van der Waals surface area contributed by atoms with Gasteiger partial charge in [0.25, 0.3) is 5.91 Å². The number of thioether (sulfide) groups is 1. The Morgan fingerprint density at radius 1 is 1.44 bits per heavy atom. The van der Waals surface area contributed by atoms with E-state index in [1.54, 1.807) is 0 Å². The summed E-state index contributed by atoms with van der Waals surface area (Å²) in [6.07, 6.45) is 1.31. The van der Waals surface area contributed by atoms with Gasteiger partial charge in [0.05, 0.1) is 0 Å². The first-order valence-electron chi connectivity index (χ1n) is 7.30. The molecule has 0 spiro atoms. The SMILES string of the molecule is CC(C)CSc1nsc(NC(=O)/C(C#N)=C\c2ccc(O)c(O)c2)n1. The number of hydrogen-bond acceptors (Lipinski definition) is 8. The number of aromatic nitrogens is 2. The van der Waals surface area contributed by atoms with Gasteiger partial charge in [-0.2, -0.15) is 14.6 Å². The molecule has 1 heterocycles. The van der Waals surface area contributed by atoms with E-state index in [-0.39, 0.29) is 17.1 Å². The molecular weight excluding hydrogens is 360 g/mol. The van der Waals surface area contributed by atoms with Gasteiger partial charge < -0.3 is 10.2 Å². The number of nitrogens with zero attached hydrogens (tertiary/aromatic N) is 3. The molecule has 0 aliphatic rings. The molecule has 2 rings (SSSR count). The molecule has 3 N–H and O–H groups in total. The molecule has 0 unspecified atom stereocenters.